The van der Waals surface area contributed by atoms with E-state index in [-0.39, 0.29) is 11.1 Å². The van der Waals surface area contributed by atoms with E-state index in [4.69, 9.17) is 26.4 Å². The summed E-state index contributed by atoms with van der Waals surface area (Å²) in [4.78, 5) is 26.2. The third kappa shape index (κ3) is 6.11. The number of ether oxygens (including phenoxy) is 3. The summed E-state index contributed by atoms with van der Waals surface area (Å²) in [6.45, 7) is 4.28. The number of carbonyl (C=O) groups is 2. The number of thiophene rings is 1. The number of rotatable bonds is 7. The molecule has 176 valence electrons. The Morgan fingerprint density at radius 3 is 2.70 bits per heavy atom. The third-order valence-corrected chi connectivity index (χ3v) is 6.66. The third-order valence-electron chi connectivity index (χ3n) is 5.29. The van der Waals surface area contributed by atoms with Gasteiger partial charge in [-0.2, -0.15) is 0 Å². The SMILES string of the molecule is CCOC(=O)c1c(NC(=S)NC(=O)C=Cc2ccc(OC)c(OC)c2)sc2c1CCC(C)C2. The molecule has 1 aliphatic rings. The van der Waals surface area contributed by atoms with E-state index in [2.05, 4.69) is 17.6 Å². The molecule has 2 aromatic rings. The molecule has 3 rings (SSSR count). The van der Waals surface area contributed by atoms with Crippen molar-refractivity contribution in [2.24, 2.45) is 5.92 Å². The van der Waals surface area contributed by atoms with E-state index in [1.165, 1.54) is 22.3 Å². The first-order valence-electron chi connectivity index (χ1n) is 10.7. The molecule has 1 aromatic carbocycles. The fourth-order valence-corrected chi connectivity index (χ4v) is 5.34. The number of thiocarbonyl (C=S) groups is 1. The van der Waals surface area contributed by atoms with Gasteiger partial charge < -0.3 is 19.5 Å². The van der Waals surface area contributed by atoms with Crippen LogP contribution in [0, 0.1) is 5.92 Å². The number of benzene rings is 1. The second-order valence-corrected chi connectivity index (χ2v) is 9.18. The van der Waals surface area contributed by atoms with Gasteiger partial charge in [-0.25, -0.2) is 4.79 Å². The lowest BCUT2D eigenvalue weighted by Gasteiger charge is -2.18. The van der Waals surface area contributed by atoms with Crippen molar-refractivity contribution in [1.29, 1.82) is 0 Å². The van der Waals surface area contributed by atoms with Gasteiger partial charge in [-0.15, -0.1) is 11.3 Å². The number of hydrogen-bond acceptors (Lipinski definition) is 7. The molecule has 0 saturated carbocycles. The maximum absolute atomic E-state index is 12.6. The summed E-state index contributed by atoms with van der Waals surface area (Å²) in [5.41, 5.74) is 2.33. The van der Waals surface area contributed by atoms with Gasteiger partial charge in [0.15, 0.2) is 16.6 Å². The second kappa shape index (κ2) is 11.3. The topological polar surface area (TPSA) is 85.9 Å². The first kappa shape index (κ1) is 24.7. The lowest BCUT2D eigenvalue weighted by atomic mass is 9.88. The number of esters is 1. The van der Waals surface area contributed by atoms with Gasteiger partial charge in [0.2, 0.25) is 5.91 Å². The average Bonchev–Trinajstić information content (AvgIpc) is 3.14. The zero-order chi connectivity index (χ0) is 24.0. The fourth-order valence-electron chi connectivity index (χ4n) is 3.67. The van der Waals surface area contributed by atoms with Crippen molar-refractivity contribution in [1.82, 2.24) is 5.32 Å². The van der Waals surface area contributed by atoms with Crippen molar-refractivity contribution in [2.75, 3.05) is 26.1 Å². The predicted molar refractivity (Wildman–Crippen MR) is 134 cm³/mol. The van der Waals surface area contributed by atoms with E-state index in [0.29, 0.717) is 34.6 Å². The van der Waals surface area contributed by atoms with Crippen LogP contribution in [0.25, 0.3) is 6.08 Å². The molecule has 0 spiro atoms. The quantitative estimate of drug-likeness (QED) is 0.335. The van der Waals surface area contributed by atoms with Gasteiger partial charge in [0.25, 0.3) is 0 Å². The van der Waals surface area contributed by atoms with Gasteiger partial charge in [0, 0.05) is 11.0 Å². The van der Waals surface area contributed by atoms with Crippen molar-refractivity contribution in [2.45, 2.75) is 33.1 Å². The predicted octanol–water partition coefficient (Wildman–Crippen LogP) is 4.59. The molecule has 1 amide bonds. The first-order valence-corrected chi connectivity index (χ1v) is 11.9. The van der Waals surface area contributed by atoms with Crippen LogP contribution in [0.15, 0.2) is 24.3 Å². The van der Waals surface area contributed by atoms with E-state index >= 15 is 0 Å². The first-order chi connectivity index (χ1) is 15.9. The molecule has 33 heavy (non-hydrogen) atoms. The summed E-state index contributed by atoms with van der Waals surface area (Å²) < 4.78 is 15.8. The zero-order valence-corrected chi connectivity index (χ0v) is 20.8. The van der Waals surface area contributed by atoms with Gasteiger partial charge in [0.05, 0.1) is 26.4 Å². The number of anilines is 1. The number of amides is 1. The molecule has 2 N–H and O–H groups in total. The Hall–Kier alpha value is -2.91. The van der Waals surface area contributed by atoms with Crippen LogP contribution in [0.2, 0.25) is 0 Å². The maximum Gasteiger partial charge on any atom is 0.341 e. The van der Waals surface area contributed by atoms with Crippen molar-refractivity contribution in [3.63, 3.8) is 0 Å². The van der Waals surface area contributed by atoms with Gasteiger partial charge in [0.1, 0.15) is 5.00 Å². The Morgan fingerprint density at radius 1 is 1.24 bits per heavy atom. The van der Waals surface area contributed by atoms with Crippen LogP contribution in [-0.2, 0) is 22.4 Å². The standard InChI is InChI=1S/C24H28N2O5S2/c1-5-31-23(28)21-16-9-6-14(2)12-19(16)33-22(21)26-24(32)25-20(27)11-8-15-7-10-17(29-3)18(13-15)30-4/h7-8,10-11,13-14H,5-6,9,12H2,1-4H3,(H2,25,26,27,32). The molecule has 0 aliphatic heterocycles. The molecule has 0 bridgehead atoms. The lowest BCUT2D eigenvalue weighted by molar-refractivity contribution is -0.115. The van der Waals surface area contributed by atoms with E-state index < -0.39 is 5.91 Å². The minimum Gasteiger partial charge on any atom is -0.493 e. The molecular formula is C24H28N2O5S2. The summed E-state index contributed by atoms with van der Waals surface area (Å²) in [7, 11) is 3.11. The maximum atomic E-state index is 12.6. The Kier molecular flexibility index (Phi) is 8.46. The van der Waals surface area contributed by atoms with Crippen LogP contribution in [0.1, 0.15) is 46.6 Å². The molecule has 1 aliphatic carbocycles. The fraction of sp³-hybridized carbons (Fsp3) is 0.375. The smallest absolute Gasteiger partial charge is 0.341 e. The molecule has 0 radical (unpaired) electrons. The van der Waals surface area contributed by atoms with Gasteiger partial charge >= 0.3 is 5.97 Å². The molecule has 1 heterocycles. The van der Waals surface area contributed by atoms with E-state index in [1.54, 1.807) is 39.4 Å². The van der Waals surface area contributed by atoms with Crippen molar-refractivity contribution < 1.29 is 23.8 Å². The molecule has 0 fully saturated rings. The van der Waals surface area contributed by atoms with Gasteiger partial charge in [-0.1, -0.05) is 13.0 Å². The number of hydrogen-bond donors (Lipinski definition) is 2. The highest BCUT2D eigenvalue weighted by atomic mass is 32.1. The minimum absolute atomic E-state index is 0.120. The highest BCUT2D eigenvalue weighted by Crippen LogP contribution is 2.40. The van der Waals surface area contributed by atoms with Crippen LogP contribution < -0.4 is 20.1 Å². The molecule has 0 saturated heterocycles. The van der Waals surface area contributed by atoms with Crippen LogP contribution in [0.3, 0.4) is 0 Å². The highest BCUT2D eigenvalue weighted by molar-refractivity contribution is 7.80. The summed E-state index contributed by atoms with van der Waals surface area (Å²) >= 11 is 6.83. The van der Waals surface area contributed by atoms with Gasteiger partial charge in [-0.05, 0) is 73.7 Å². The van der Waals surface area contributed by atoms with Crippen molar-refractivity contribution in [3.8, 4) is 11.5 Å². The Labute approximate surface area is 203 Å². The Morgan fingerprint density at radius 2 is 2.00 bits per heavy atom. The lowest BCUT2D eigenvalue weighted by Crippen LogP contribution is -2.33. The van der Waals surface area contributed by atoms with Crippen LogP contribution >= 0.6 is 23.6 Å². The molecule has 7 nitrogen and oxygen atoms in total. The van der Waals surface area contributed by atoms with Gasteiger partial charge in [-0.3, -0.25) is 10.1 Å². The van der Waals surface area contributed by atoms with E-state index in [1.807, 2.05) is 6.07 Å². The Balaban J connectivity index is 1.70. The average molecular weight is 489 g/mol. The number of nitrogens with one attached hydrogen (secondary N) is 2. The number of carbonyl (C=O) groups excluding carboxylic acids is 2. The monoisotopic (exact) mass is 488 g/mol. The molecule has 1 aromatic heterocycles. The largest absolute Gasteiger partial charge is 0.493 e. The van der Waals surface area contributed by atoms with E-state index in [0.717, 1.165) is 30.4 Å². The van der Waals surface area contributed by atoms with Crippen LogP contribution in [0.4, 0.5) is 5.00 Å². The molecule has 9 heteroatoms. The van der Waals surface area contributed by atoms with Crippen molar-refractivity contribution >= 4 is 51.6 Å². The highest BCUT2D eigenvalue weighted by Gasteiger charge is 2.28. The second-order valence-electron chi connectivity index (χ2n) is 7.67. The summed E-state index contributed by atoms with van der Waals surface area (Å²) in [6.07, 6.45) is 5.80. The Bertz CT molecular complexity index is 1080. The molecular weight excluding hydrogens is 460 g/mol. The zero-order valence-electron chi connectivity index (χ0n) is 19.2. The number of methoxy groups -OCH3 is 2. The van der Waals surface area contributed by atoms with Crippen LogP contribution in [0.5, 0.6) is 11.5 Å². The minimum atomic E-state index is -0.394. The molecule has 1 atom stereocenters. The number of fused-ring (bicyclic) bond motifs is 1. The molecule has 1 unspecified atom stereocenters. The van der Waals surface area contributed by atoms with E-state index in [9.17, 15) is 9.59 Å². The summed E-state index contributed by atoms with van der Waals surface area (Å²) in [6, 6.07) is 5.34. The van der Waals surface area contributed by atoms with Crippen LogP contribution in [-0.4, -0.2) is 37.8 Å². The summed E-state index contributed by atoms with van der Waals surface area (Å²) in [5, 5.41) is 6.39. The van der Waals surface area contributed by atoms with Crippen molar-refractivity contribution in [3.05, 3.63) is 45.8 Å². The normalized spacial score (nSPS) is 15.0. The summed E-state index contributed by atoms with van der Waals surface area (Å²) in [5.74, 6) is 0.978.